The van der Waals surface area contributed by atoms with Gasteiger partial charge in [0, 0.05) is 18.4 Å². The van der Waals surface area contributed by atoms with Gasteiger partial charge in [-0.25, -0.2) is 8.42 Å². The quantitative estimate of drug-likeness (QED) is 0.868. The van der Waals surface area contributed by atoms with Crippen LogP contribution in [-0.4, -0.2) is 39.0 Å². The Kier molecular flexibility index (Phi) is 5.01. The molecule has 0 spiro atoms. The van der Waals surface area contributed by atoms with Gasteiger partial charge in [0.2, 0.25) is 10.0 Å². The Balaban J connectivity index is 1.85. The molecule has 1 aromatic heterocycles. The fraction of sp³-hybridized carbons (Fsp3) is 0.353. The van der Waals surface area contributed by atoms with Gasteiger partial charge >= 0.3 is 0 Å². The Labute approximate surface area is 141 Å². The molecule has 1 aliphatic heterocycles. The fourth-order valence-corrected chi connectivity index (χ4v) is 4.04. The molecule has 24 heavy (non-hydrogen) atoms. The van der Waals surface area contributed by atoms with Crippen molar-refractivity contribution in [2.75, 3.05) is 24.2 Å². The maximum atomic E-state index is 12.4. The van der Waals surface area contributed by atoms with Crippen molar-refractivity contribution in [3.63, 3.8) is 0 Å². The third kappa shape index (κ3) is 4.04. The summed E-state index contributed by atoms with van der Waals surface area (Å²) in [5, 5.41) is 0. The molecular weight excluding hydrogens is 328 g/mol. The summed E-state index contributed by atoms with van der Waals surface area (Å²) in [5.74, 6) is 0.412. The minimum absolute atomic E-state index is 0.0516. The molecule has 1 N–H and O–H groups in total. The first kappa shape index (κ1) is 16.7. The molecule has 0 bridgehead atoms. The molecule has 128 valence electrons. The smallest absolute Gasteiger partial charge is 0.235 e. The van der Waals surface area contributed by atoms with Crippen LogP contribution in [0, 0.1) is 0 Å². The third-order valence-electron chi connectivity index (χ3n) is 3.85. The molecule has 1 atom stereocenters. The number of hydrogen-bond donors (Lipinski definition) is 1. The van der Waals surface area contributed by atoms with Gasteiger partial charge in [-0.1, -0.05) is 6.07 Å². The summed E-state index contributed by atoms with van der Waals surface area (Å²) in [7, 11) is -2.02. The number of sulfonamides is 1. The Bertz CT molecular complexity index is 787. The number of methoxy groups -OCH3 is 1. The van der Waals surface area contributed by atoms with E-state index in [-0.39, 0.29) is 11.9 Å². The molecule has 3 rings (SSSR count). The third-order valence-corrected chi connectivity index (χ3v) is 5.20. The highest BCUT2D eigenvalue weighted by molar-refractivity contribution is 7.92. The lowest BCUT2D eigenvalue weighted by atomic mass is 10.1. The van der Waals surface area contributed by atoms with Gasteiger partial charge in [-0.05, 0) is 43.2 Å². The molecule has 1 aliphatic rings. The van der Waals surface area contributed by atoms with Crippen LogP contribution in [0.2, 0.25) is 0 Å². The van der Waals surface area contributed by atoms with Crippen LogP contribution in [0.15, 0.2) is 42.6 Å². The van der Waals surface area contributed by atoms with E-state index < -0.39 is 10.0 Å². The highest BCUT2D eigenvalue weighted by Crippen LogP contribution is 2.31. The van der Waals surface area contributed by atoms with Crippen molar-refractivity contribution in [2.24, 2.45) is 0 Å². The minimum atomic E-state index is -3.53. The maximum absolute atomic E-state index is 12.4. The van der Waals surface area contributed by atoms with Crippen LogP contribution in [0.1, 0.15) is 12.8 Å². The van der Waals surface area contributed by atoms with E-state index in [1.165, 1.54) is 7.11 Å². The second-order valence-corrected chi connectivity index (χ2v) is 7.42. The molecular formula is C17H20N2O4S. The molecule has 6 nitrogen and oxygen atoms in total. The average Bonchev–Trinajstić information content (AvgIpc) is 3.07. The summed E-state index contributed by atoms with van der Waals surface area (Å²) in [6.07, 6.45) is 3.12. The van der Waals surface area contributed by atoms with E-state index in [0.29, 0.717) is 18.0 Å². The SMILES string of the molecule is COc1ccc(-c2ccccn2)cc1NS(=O)(=O)CC1CCCO1. The predicted octanol–water partition coefficient (Wildman–Crippen LogP) is 2.68. The van der Waals surface area contributed by atoms with Crippen molar-refractivity contribution in [2.45, 2.75) is 18.9 Å². The highest BCUT2D eigenvalue weighted by atomic mass is 32.2. The average molecular weight is 348 g/mol. The number of nitrogens with zero attached hydrogens (tertiary/aromatic N) is 1. The first-order valence-electron chi connectivity index (χ1n) is 7.79. The normalized spacial score (nSPS) is 17.6. The van der Waals surface area contributed by atoms with Gasteiger partial charge in [0.15, 0.2) is 0 Å². The van der Waals surface area contributed by atoms with E-state index in [4.69, 9.17) is 9.47 Å². The maximum Gasteiger partial charge on any atom is 0.235 e. The number of anilines is 1. The molecule has 1 saturated heterocycles. The zero-order valence-electron chi connectivity index (χ0n) is 13.4. The summed E-state index contributed by atoms with van der Waals surface area (Å²) in [6, 6.07) is 10.9. The molecule has 0 amide bonds. The van der Waals surface area contributed by atoms with Crippen molar-refractivity contribution in [3.05, 3.63) is 42.6 Å². The Morgan fingerprint density at radius 2 is 2.21 bits per heavy atom. The van der Waals surface area contributed by atoms with Crippen molar-refractivity contribution < 1.29 is 17.9 Å². The van der Waals surface area contributed by atoms with Gasteiger partial charge in [0.25, 0.3) is 0 Å². The van der Waals surface area contributed by atoms with E-state index >= 15 is 0 Å². The van der Waals surface area contributed by atoms with E-state index in [1.807, 2.05) is 24.3 Å². The van der Waals surface area contributed by atoms with Crippen LogP contribution < -0.4 is 9.46 Å². The number of ether oxygens (including phenoxy) is 2. The van der Waals surface area contributed by atoms with Crippen LogP contribution in [0.5, 0.6) is 5.75 Å². The number of nitrogens with one attached hydrogen (secondary N) is 1. The summed E-state index contributed by atoms with van der Waals surface area (Å²) in [5.41, 5.74) is 1.98. The van der Waals surface area contributed by atoms with E-state index in [9.17, 15) is 8.42 Å². The molecule has 1 unspecified atom stereocenters. The topological polar surface area (TPSA) is 77.5 Å². The second kappa shape index (κ2) is 7.19. The largest absolute Gasteiger partial charge is 0.495 e. The van der Waals surface area contributed by atoms with Crippen LogP contribution in [0.4, 0.5) is 5.69 Å². The van der Waals surface area contributed by atoms with Gasteiger partial charge in [-0.15, -0.1) is 0 Å². The molecule has 0 radical (unpaired) electrons. The number of hydrogen-bond acceptors (Lipinski definition) is 5. The summed E-state index contributed by atoms with van der Waals surface area (Å²) in [6.45, 7) is 0.624. The van der Waals surface area contributed by atoms with Gasteiger partial charge < -0.3 is 9.47 Å². The Morgan fingerprint density at radius 3 is 2.88 bits per heavy atom. The zero-order valence-corrected chi connectivity index (χ0v) is 14.3. The zero-order chi connectivity index (χ0) is 17.0. The molecule has 2 aromatic rings. The van der Waals surface area contributed by atoms with E-state index in [0.717, 1.165) is 24.1 Å². The fourth-order valence-electron chi connectivity index (χ4n) is 2.71. The van der Waals surface area contributed by atoms with Crippen LogP contribution in [0.25, 0.3) is 11.3 Å². The molecule has 0 saturated carbocycles. The van der Waals surface area contributed by atoms with Gasteiger partial charge in [-0.3, -0.25) is 9.71 Å². The van der Waals surface area contributed by atoms with Crippen molar-refractivity contribution >= 4 is 15.7 Å². The lowest BCUT2D eigenvalue weighted by Crippen LogP contribution is -2.25. The summed E-state index contributed by atoms with van der Waals surface area (Å²) < 4.78 is 38.1. The number of aromatic nitrogens is 1. The van der Waals surface area contributed by atoms with Crippen LogP contribution in [-0.2, 0) is 14.8 Å². The van der Waals surface area contributed by atoms with Crippen molar-refractivity contribution in [3.8, 4) is 17.0 Å². The lowest BCUT2D eigenvalue weighted by molar-refractivity contribution is 0.127. The summed E-state index contributed by atoms with van der Waals surface area (Å²) in [4.78, 5) is 4.29. The van der Waals surface area contributed by atoms with E-state index in [1.54, 1.807) is 18.3 Å². The van der Waals surface area contributed by atoms with Gasteiger partial charge in [-0.2, -0.15) is 0 Å². The highest BCUT2D eigenvalue weighted by Gasteiger charge is 2.24. The minimum Gasteiger partial charge on any atom is -0.495 e. The first-order chi connectivity index (χ1) is 11.6. The van der Waals surface area contributed by atoms with Crippen LogP contribution >= 0.6 is 0 Å². The summed E-state index contributed by atoms with van der Waals surface area (Å²) >= 11 is 0. The molecule has 1 aromatic carbocycles. The Hall–Kier alpha value is -2.12. The van der Waals surface area contributed by atoms with Crippen molar-refractivity contribution in [1.29, 1.82) is 0 Å². The molecule has 1 fully saturated rings. The molecule has 2 heterocycles. The Morgan fingerprint density at radius 1 is 1.33 bits per heavy atom. The van der Waals surface area contributed by atoms with Gasteiger partial charge in [0.05, 0.1) is 30.3 Å². The standard InChI is InChI=1S/C17H20N2O4S/c1-22-17-8-7-13(15-6-2-3-9-18-15)11-16(17)19-24(20,21)12-14-5-4-10-23-14/h2-3,6-9,11,14,19H,4-5,10,12H2,1H3. The van der Waals surface area contributed by atoms with Crippen LogP contribution in [0.3, 0.4) is 0 Å². The predicted molar refractivity (Wildman–Crippen MR) is 92.6 cm³/mol. The van der Waals surface area contributed by atoms with Gasteiger partial charge in [0.1, 0.15) is 5.75 Å². The first-order valence-corrected chi connectivity index (χ1v) is 9.44. The number of benzene rings is 1. The molecule has 7 heteroatoms. The lowest BCUT2D eigenvalue weighted by Gasteiger charge is -2.15. The molecule has 0 aliphatic carbocycles. The monoisotopic (exact) mass is 348 g/mol. The van der Waals surface area contributed by atoms with Crippen molar-refractivity contribution in [1.82, 2.24) is 4.98 Å². The second-order valence-electron chi connectivity index (χ2n) is 5.65. The number of pyridine rings is 1. The van der Waals surface area contributed by atoms with E-state index in [2.05, 4.69) is 9.71 Å². The number of rotatable bonds is 6.